The molecule has 1 aliphatic carbocycles. The van der Waals surface area contributed by atoms with Crippen molar-refractivity contribution < 1.29 is 19.4 Å². The van der Waals surface area contributed by atoms with E-state index in [1.165, 1.54) is 6.42 Å². The summed E-state index contributed by atoms with van der Waals surface area (Å²) in [6, 6.07) is 9.74. The van der Waals surface area contributed by atoms with Gasteiger partial charge < -0.3 is 19.5 Å². The van der Waals surface area contributed by atoms with Gasteiger partial charge in [-0.3, -0.25) is 14.3 Å². The lowest BCUT2D eigenvalue weighted by atomic mass is 9.80. The Labute approximate surface area is 219 Å². The van der Waals surface area contributed by atoms with Gasteiger partial charge in [-0.25, -0.2) is 4.68 Å². The van der Waals surface area contributed by atoms with Crippen LogP contribution in [0.4, 0.5) is 0 Å². The zero-order valence-corrected chi connectivity index (χ0v) is 22.6. The van der Waals surface area contributed by atoms with E-state index in [2.05, 4.69) is 0 Å². The van der Waals surface area contributed by atoms with Gasteiger partial charge in [-0.1, -0.05) is 37.5 Å². The highest BCUT2D eigenvalue weighted by atomic mass is 16.7. The normalized spacial score (nSPS) is 22.4. The molecule has 202 valence electrons. The number of nitrogens with zero attached hydrogens (tertiary/aromatic N) is 3. The fourth-order valence-electron chi connectivity index (χ4n) is 5.87. The van der Waals surface area contributed by atoms with Crippen LogP contribution in [-0.2, 0) is 21.3 Å². The van der Waals surface area contributed by atoms with Crippen molar-refractivity contribution in [3.05, 3.63) is 63.8 Å². The molecule has 1 saturated carbocycles. The molecule has 1 amide bonds. The minimum atomic E-state index is -0.686. The van der Waals surface area contributed by atoms with Crippen molar-refractivity contribution in [2.75, 3.05) is 20.3 Å². The minimum absolute atomic E-state index is 0.0318. The Kier molecular flexibility index (Phi) is 8.92. The fraction of sp³-hybridized carbons (Fsp3) is 0.586. The maximum atomic E-state index is 13.9. The average Bonchev–Trinajstić information content (AvgIpc) is 3.15. The van der Waals surface area contributed by atoms with Crippen LogP contribution < -0.4 is 5.56 Å². The number of hydrogen-bond acceptors (Lipinski definition) is 5. The molecule has 4 rings (SSSR count). The number of aromatic nitrogens is 2. The predicted octanol–water partition coefficient (Wildman–Crippen LogP) is 4.02. The van der Waals surface area contributed by atoms with Crippen LogP contribution in [0.15, 0.2) is 47.0 Å². The molecule has 3 unspecified atom stereocenters. The lowest BCUT2D eigenvalue weighted by Gasteiger charge is -2.38. The number of aliphatic hydroxyl groups is 1. The van der Waals surface area contributed by atoms with Crippen LogP contribution >= 0.6 is 0 Å². The Balaban J connectivity index is 1.80. The summed E-state index contributed by atoms with van der Waals surface area (Å²) in [7, 11) is 3.73. The van der Waals surface area contributed by atoms with E-state index in [9.17, 15) is 14.7 Å². The van der Waals surface area contributed by atoms with Crippen molar-refractivity contribution in [3.8, 4) is 5.69 Å². The van der Waals surface area contributed by atoms with Crippen LogP contribution in [0.1, 0.15) is 69.0 Å². The Morgan fingerprint density at radius 3 is 2.54 bits per heavy atom. The topological polar surface area (TPSA) is 85.9 Å². The molecule has 3 atom stereocenters. The minimum Gasteiger partial charge on any atom is -0.459 e. The first-order chi connectivity index (χ1) is 17.9. The number of carbonyl (C=O) groups excluding carboxylic acids is 1. The van der Waals surface area contributed by atoms with Crippen molar-refractivity contribution in [1.29, 1.82) is 0 Å². The number of amides is 1. The van der Waals surface area contributed by atoms with Gasteiger partial charge in [0.15, 0.2) is 5.76 Å². The van der Waals surface area contributed by atoms with Crippen LogP contribution in [0.2, 0.25) is 0 Å². The van der Waals surface area contributed by atoms with E-state index in [1.807, 2.05) is 69.0 Å². The summed E-state index contributed by atoms with van der Waals surface area (Å²) in [5, 5.41) is 9.61. The van der Waals surface area contributed by atoms with Gasteiger partial charge in [0.1, 0.15) is 0 Å². The molecular weight excluding hydrogens is 470 g/mol. The van der Waals surface area contributed by atoms with Crippen molar-refractivity contribution in [3.63, 3.8) is 0 Å². The van der Waals surface area contributed by atoms with Gasteiger partial charge in [0.05, 0.1) is 5.69 Å². The highest BCUT2D eigenvalue weighted by Gasteiger charge is 2.41. The molecule has 8 nitrogen and oxygen atoms in total. The van der Waals surface area contributed by atoms with Crippen LogP contribution in [-0.4, -0.2) is 57.9 Å². The van der Waals surface area contributed by atoms with E-state index in [4.69, 9.17) is 9.47 Å². The molecular formula is C29H41N3O5. The maximum Gasteiger partial charge on any atom is 0.288 e. The van der Waals surface area contributed by atoms with Crippen molar-refractivity contribution >= 4 is 5.91 Å². The lowest BCUT2D eigenvalue weighted by Crippen LogP contribution is -2.43. The number of carbonyl (C=O) groups is 1. The Morgan fingerprint density at radius 2 is 1.89 bits per heavy atom. The van der Waals surface area contributed by atoms with Gasteiger partial charge in [-0.2, -0.15) is 0 Å². The summed E-state index contributed by atoms with van der Waals surface area (Å²) in [6.45, 7) is 4.28. The van der Waals surface area contributed by atoms with E-state index in [1.54, 1.807) is 9.58 Å². The first kappa shape index (κ1) is 27.2. The third-order valence-electron chi connectivity index (χ3n) is 8.00. The second-order valence-corrected chi connectivity index (χ2v) is 10.2. The van der Waals surface area contributed by atoms with Gasteiger partial charge in [0, 0.05) is 56.4 Å². The summed E-state index contributed by atoms with van der Waals surface area (Å²) in [5.41, 5.74) is 2.12. The van der Waals surface area contributed by atoms with E-state index in [0.29, 0.717) is 25.0 Å². The summed E-state index contributed by atoms with van der Waals surface area (Å²) < 4.78 is 15.8. The highest BCUT2D eigenvalue weighted by Crippen LogP contribution is 2.40. The van der Waals surface area contributed by atoms with Crippen molar-refractivity contribution in [2.45, 2.75) is 77.0 Å². The quantitative estimate of drug-likeness (QED) is 0.550. The number of benzene rings is 1. The van der Waals surface area contributed by atoms with Crippen LogP contribution in [0.25, 0.3) is 5.69 Å². The number of allylic oxidation sites excluding steroid dienone is 1. The third kappa shape index (κ3) is 5.55. The van der Waals surface area contributed by atoms with E-state index in [-0.39, 0.29) is 41.7 Å². The van der Waals surface area contributed by atoms with Gasteiger partial charge in [0.25, 0.3) is 11.5 Å². The first-order valence-electron chi connectivity index (χ1n) is 13.6. The maximum absolute atomic E-state index is 13.9. The van der Waals surface area contributed by atoms with Gasteiger partial charge >= 0.3 is 0 Å². The monoisotopic (exact) mass is 511 g/mol. The lowest BCUT2D eigenvalue weighted by molar-refractivity contribution is -0.170. The molecule has 8 heteroatoms. The summed E-state index contributed by atoms with van der Waals surface area (Å²) in [6.07, 6.45) is 7.73. The molecule has 2 aromatic rings. The SMILES string of the molecule is CCOC1OC(C(=O)N(C)C2CCCCC2)=CC(c2c(C)n(C)n(-c3ccccc3)c2=O)C1CCCO. The molecule has 1 aliphatic heterocycles. The zero-order chi connectivity index (χ0) is 26.5. The number of hydrogen-bond donors (Lipinski definition) is 1. The predicted molar refractivity (Wildman–Crippen MR) is 143 cm³/mol. The molecule has 1 aromatic carbocycles. The Hall–Kier alpha value is -2.84. The van der Waals surface area contributed by atoms with Crippen LogP contribution in [0.5, 0.6) is 0 Å². The standard InChI is InChI=1S/C29H41N3O5/c1-5-36-29-23(17-12-18-33)24(19-25(37-29)27(34)30(3)21-13-8-6-9-14-21)26-20(2)31(4)32(28(26)35)22-15-10-7-11-16-22/h7,10-11,15-16,19,21,23-24,29,33H,5-6,8-9,12-14,17-18H2,1-4H3. The second-order valence-electron chi connectivity index (χ2n) is 10.2. The largest absolute Gasteiger partial charge is 0.459 e. The molecule has 37 heavy (non-hydrogen) atoms. The van der Waals surface area contributed by atoms with E-state index in [0.717, 1.165) is 37.1 Å². The van der Waals surface area contributed by atoms with E-state index < -0.39 is 6.29 Å². The molecule has 1 N–H and O–H groups in total. The molecule has 0 radical (unpaired) electrons. The summed E-state index contributed by atoms with van der Waals surface area (Å²) >= 11 is 0. The molecule has 2 heterocycles. The number of para-hydroxylation sites is 1. The molecule has 0 saturated heterocycles. The van der Waals surface area contributed by atoms with Gasteiger partial charge in [0.2, 0.25) is 6.29 Å². The number of aliphatic hydroxyl groups excluding tert-OH is 1. The Bertz CT molecular complexity index is 1150. The second kappa shape index (κ2) is 12.1. The van der Waals surface area contributed by atoms with E-state index >= 15 is 0 Å². The smallest absolute Gasteiger partial charge is 0.288 e. The zero-order valence-electron chi connectivity index (χ0n) is 22.6. The van der Waals surface area contributed by atoms with Gasteiger partial charge in [-0.15, -0.1) is 0 Å². The number of likely N-dealkylation sites (N-methyl/N-ethyl adjacent to an activating group) is 1. The fourth-order valence-corrected chi connectivity index (χ4v) is 5.87. The molecule has 1 fully saturated rings. The summed E-state index contributed by atoms with van der Waals surface area (Å²) in [5.74, 6) is -0.536. The van der Waals surface area contributed by atoms with Crippen molar-refractivity contribution in [1.82, 2.24) is 14.3 Å². The van der Waals surface area contributed by atoms with Crippen LogP contribution in [0.3, 0.4) is 0 Å². The van der Waals surface area contributed by atoms with Gasteiger partial charge in [-0.05, 0) is 57.7 Å². The summed E-state index contributed by atoms with van der Waals surface area (Å²) in [4.78, 5) is 29.4. The van der Waals surface area contributed by atoms with Crippen molar-refractivity contribution in [2.24, 2.45) is 13.0 Å². The van der Waals surface area contributed by atoms with Crippen LogP contribution in [0, 0.1) is 12.8 Å². The number of rotatable bonds is 9. The highest BCUT2D eigenvalue weighted by molar-refractivity contribution is 5.92. The Morgan fingerprint density at radius 1 is 1.19 bits per heavy atom. The molecule has 2 aliphatic rings. The third-order valence-corrected chi connectivity index (χ3v) is 8.00. The molecule has 0 bridgehead atoms. The number of ether oxygens (including phenoxy) is 2. The average molecular weight is 512 g/mol. The molecule has 0 spiro atoms. The first-order valence-corrected chi connectivity index (χ1v) is 13.6. The molecule has 1 aromatic heterocycles.